The smallest absolute Gasteiger partial charge is 0.303 e. The third-order valence-electron chi connectivity index (χ3n) is 15.0. The molecule has 0 radical (unpaired) electrons. The number of nitrogens with two attached hydrogens (primary N) is 2. The summed E-state index contributed by atoms with van der Waals surface area (Å²) in [4.78, 5) is 219. The van der Waals surface area contributed by atoms with Crippen LogP contribution in [0.15, 0.2) is 36.8 Å². The molecule has 1 aliphatic rings. The average Bonchev–Trinajstić information content (AvgIpc) is 1.80. The molecule has 2 heterocycles. The summed E-state index contributed by atoms with van der Waals surface area (Å²) in [6.45, 7) is 11.6. The quantitative estimate of drug-likeness (QED) is 0.0289. The van der Waals surface area contributed by atoms with E-state index in [1.165, 1.54) is 17.4 Å². The molecule has 10 atom stereocenters. The van der Waals surface area contributed by atoms with Crippen LogP contribution in [-0.4, -0.2) is 193 Å². The van der Waals surface area contributed by atoms with Gasteiger partial charge in [-0.2, -0.15) is 0 Å². The van der Waals surface area contributed by atoms with Gasteiger partial charge in [-0.05, 0) is 69.3 Å². The number of aryl methyl sites for hydroxylation is 1. The first-order valence-corrected chi connectivity index (χ1v) is 30.6. The largest absolute Gasteiger partial charge is 0.481 e. The Morgan fingerprint density at radius 1 is 0.602 bits per heavy atom. The molecule has 0 unspecified atom stereocenters. The number of H-pyrrole nitrogens is 1. The molecule has 3 rings (SSSR count). The molecule has 512 valence electrons. The maximum Gasteiger partial charge on any atom is 0.303 e. The van der Waals surface area contributed by atoms with E-state index in [1.807, 2.05) is 6.92 Å². The van der Waals surface area contributed by atoms with Crippen LogP contribution in [0.3, 0.4) is 0 Å². The minimum absolute atomic E-state index is 0.0166. The molecule has 0 bridgehead atoms. The van der Waals surface area contributed by atoms with Crippen LogP contribution in [0.5, 0.6) is 0 Å². The van der Waals surface area contributed by atoms with Gasteiger partial charge in [-0.3, -0.25) is 76.7 Å². The van der Waals surface area contributed by atoms with Crippen LogP contribution >= 0.6 is 0 Å². The van der Waals surface area contributed by atoms with E-state index in [4.69, 9.17) is 16.6 Å². The third-order valence-corrected chi connectivity index (χ3v) is 15.0. The zero-order chi connectivity index (χ0) is 69.8. The highest BCUT2D eigenvalue weighted by Crippen LogP contribution is 2.22. The Balaban J connectivity index is 1.76. The standard InChI is InChI=1S/C60H89N15O18/c1-9-12-37(69-57(90)43-13-11-24-75(43)60(93)49(31(5)6)74-58(91)48(30(3)4)73-54(87)40(20-23-47(81)82)70-52(85)38(66-33(8)76)19-22-46(79)80)50(83)59(92)64-28-45(78)67-39(18-21-44(61)77)53(86)72-42(26-35-27-63-29-65-35)56(89)71-41(25-34-16-14-32(7)15-17-34)55(88)68-36(10-2)51(62)84/h14-17,27,29-31,36-43,48-49H,9-13,18-26,28H2,1-8H3,(H2,61,77)(H2,62,84)(H,63,65)(H,64,92)(H,66,76)(H,67,78)(H,68,88)(H,69,90)(H,70,85)(H,71,89)(H,72,86)(H,73,87)(H,74,91)(H,79,80)(H,81,82)/t36-,37-,38-,39+,40-,41-,42-,43-,48-,49-/m0/s1. The molecule has 1 saturated heterocycles. The second kappa shape index (κ2) is 38.1. The maximum atomic E-state index is 14.4. The van der Waals surface area contributed by atoms with Crippen LogP contribution in [0.4, 0.5) is 0 Å². The predicted molar refractivity (Wildman–Crippen MR) is 329 cm³/mol. The fourth-order valence-electron chi connectivity index (χ4n) is 9.84. The number of aromatic nitrogens is 2. The third kappa shape index (κ3) is 26.1. The highest BCUT2D eigenvalue weighted by molar-refractivity contribution is 6.38. The number of rotatable bonds is 40. The predicted octanol–water partition coefficient (Wildman–Crippen LogP) is -3.43. The summed E-state index contributed by atoms with van der Waals surface area (Å²) in [6.07, 6.45) is 0.135. The highest BCUT2D eigenvalue weighted by Gasteiger charge is 2.42. The lowest BCUT2D eigenvalue weighted by molar-refractivity contribution is -0.144. The number of hydrogen-bond acceptors (Lipinski definition) is 17. The number of hydrogen-bond donors (Lipinski definition) is 15. The number of Topliss-reactive ketones (excluding diaryl/α,β-unsaturated/α-hetero) is 1. The van der Waals surface area contributed by atoms with Gasteiger partial charge in [0.1, 0.15) is 54.4 Å². The van der Waals surface area contributed by atoms with Gasteiger partial charge in [-0.25, -0.2) is 4.98 Å². The van der Waals surface area contributed by atoms with Crippen LogP contribution in [-0.2, 0) is 89.6 Å². The molecule has 1 aromatic heterocycles. The Labute approximate surface area is 537 Å². The van der Waals surface area contributed by atoms with Crippen molar-refractivity contribution in [3.63, 3.8) is 0 Å². The SMILES string of the molecule is CCC[C@H](NC(=O)[C@@H]1CCCN1C(=O)[C@@H](NC(=O)[C@@H](NC(=O)[C@H](CCC(=O)O)NC(=O)[C@H](CCC(=O)O)NC(C)=O)C(C)C)C(C)C)C(=O)C(=O)NCC(=O)N[C@H](CCC(N)=O)C(=O)N[C@@H](Cc1cnc[nH]1)C(=O)N[C@@H](Cc1ccc(C)cc1)C(=O)N[C@@H](CC)C(N)=O. The fraction of sp³-hybridized carbons (Fsp3) is 0.583. The molecule has 1 fully saturated rings. The molecule has 0 spiro atoms. The van der Waals surface area contributed by atoms with E-state index in [0.29, 0.717) is 17.7 Å². The van der Waals surface area contributed by atoms with Crippen LogP contribution in [0.2, 0.25) is 0 Å². The number of carboxylic acids is 2. The molecule has 2 aromatic rings. The van der Waals surface area contributed by atoms with Crippen molar-refractivity contribution < 1.29 is 86.9 Å². The van der Waals surface area contributed by atoms with E-state index in [9.17, 15) is 81.8 Å². The molecule has 17 N–H and O–H groups in total. The normalized spacial score (nSPS) is 15.6. The van der Waals surface area contributed by atoms with Gasteiger partial charge in [0, 0.05) is 57.5 Å². The number of carbonyl (C=O) groups is 16. The molecule has 33 heteroatoms. The molecule has 0 saturated carbocycles. The first-order valence-electron chi connectivity index (χ1n) is 30.6. The second-order valence-corrected chi connectivity index (χ2v) is 23.3. The van der Waals surface area contributed by atoms with Crippen molar-refractivity contribution in [2.45, 2.75) is 199 Å². The molecule has 13 amide bonds. The second-order valence-electron chi connectivity index (χ2n) is 23.3. The van der Waals surface area contributed by atoms with Gasteiger partial charge in [0.2, 0.25) is 76.7 Å². The monoisotopic (exact) mass is 1310 g/mol. The number of carboxylic acid groups (broad SMARTS) is 2. The zero-order valence-electron chi connectivity index (χ0n) is 53.5. The number of aromatic amines is 1. The molecular formula is C60H89N15O18. The van der Waals surface area contributed by atoms with E-state index < -0.39 is 205 Å². The van der Waals surface area contributed by atoms with Gasteiger partial charge in [0.05, 0.1) is 18.9 Å². The lowest BCUT2D eigenvalue weighted by Gasteiger charge is -2.33. The van der Waals surface area contributed by atoms with Gasteiger partial charge in [-0.15, -0.1) is 0 Å². The highest BCUT2D eigenvalue weighted by atomic mass is 16.4. The Hall–Kier alpha value is -9.85. The lowest BCUT2D eigenvalue weighted by Crippen LogP contribution is -2.61. The first kappa shape index (κ1) is 77.4. The van der Waals surface area contributed by atoms with Crippen LogP contribution in [0, 0.1) is 18.8 Å². The Morgan fingerprint density at radius 2 is 1.11 bits per heavy atom. The minimum Gasteiger partial charge on any atom is -0.481 e. The topological polar surface area (TPSA) is 518 Å². The van der Waals surface area contributed by atoms with Crippen molar-refractivity contribution in [1.82, 2.24) is 68.0 Å². The molecule has 93 heavy (non-hydrogen) atoms. The molecular weight excluding hydrogens is 1220 g/mol. The van der Waals surface area contributed by atoms with Crippen molar-refractivity contribution in [3.8, 4) is 0 Å². The number of ketones is 1. The van der Waals surface area contributed by atoms with Crippen LogP contribution < -0.4 is 64.6 Å². The lowest BCUT2D eigenvalue weighted by atomic mass is 9.98. The van der Waals surface area contributed by atoms with Gasteiger partial charge >= 0.3 is 11.9 Å². The molecule has 1 aromatic carbocycles. The average molecular weight is 1310 g/mol. The molecule has 0 aliphatic carbocycles. The summed E-state index contributed by atoms with van der Waals surface area (Å²) in [5.74, 6) is -17.0. The summed E-state index contributed by atoms with van der Waals surface area (Å²) in [7, 11) is 0. The zero-order valence-corrected chi connectivity index (χ0v) is 53.5. The van der Waals surface area contributed by atoms with Gasteiger partial charge in [0.15, 0.2) is 0 Å². The van der Waals surface area contributed by atoms with Gasteiger partial charge < -0.3 is 84.7 Å². The number of likely N-dealkylation sites (tertiary alicyclic amines) is 1. The molecule has 33 nitrogen and oxygen atoms in total. The summed E-state index contributed by atoms with van der Waals surface area (Å²) < 4.78 is 0. The van der Waals surface area contributed by atoms with E-state index in [0.717, 1.165) is 12.5 Å². The number of nitrogens with zero attached hydrogens (tertiary/aromatic N) is 2. The van der Waals surface area contributed by atoms with E-state index in [-0.39, 0.29) is 51.5 Å². The first-order chi connectivity index (χ1) is 43.8. The number of primary amides is 2. The van der Waals surface area contributed by atoms with Crippen LogP contribution in [0.1, 0.15) is 136 Å². The maximum absolute atomic E-state index is 14.4. The van der Waals surface area contributed by atoms with Gasteiger partial charge in [0.25, 0.3) is 5.91 Å². The summed E-state index contributed by atoms with van der Waals surface area (Å²) in [5, 5.41) is 43.2. The fourth-order valence-corrected chi connectivity index (χ4v) is 9.84. The van der Waals surface area contributed by atoms with Crippen molar-refractivity contribution >= 4 is 94.5 Å². The van der Waals surface area contributed by atoms with Crippen LogP contribution in [0.25, 0.3) is 0 Å². The van der Waals surface area contributed by atoms with Crippen molar-refractivity contribution in [2.75, 3.05) is 13.1 Å². The van der Waals surface area contributed by atoms with Crippen molar-refractivity contribution in [1.29, 1.82) is 0 Å². The number of amides is 13. The Kier molecular flexibility index (Phi) is 31.7. The summed E-state index contributed by atoms with van der Waals surface area (Å²) >= 11 is 0. The Morgan fingerprint density at radius 3 is 1.61 bits per heavy atom. The number of benzene rings is 1. The van der Waals surface area contributed by atoms with Crippen molar-refractivity contribution in [2.24, 2.45) is 23.3 Å². The summed E-state index contributed by atoms with van der Waals surface area (Å²) in [6, 6.07) is -6.88. The number of imidazole rings is 1. The van der Waals surface area contributed by atoms with Gasteiger partial charge in [-0.1, -0.05) is 77.8 Å². The van der Waals surface area contributed by atoms with E-state index in [2.05, 4.69) is 63.1 Å². The minimum atomic E-state index is -1.60. The number of carbonyl (C=O) groups excluding carboxylic acids is 14. The number of aliphatic carboxylic acids is 2. The molecule has 1 aliphatic heterocycles. The van der Waals surface area contributed by atoms with E-state index in [1.54, 1.807) is 65.8 Å². The Bertz CT molecular complexity index is 3010. The summed E-state index contributed by atoms with van der Waals surface area (Å²) in [5.41, 5.74) is 12.8. The van der Waals surface area contributed by atoms with E-state index >= 15 is 0 Å². The number of nitrogens with one attached hydrogen (secondary N) is 11. The van der Waals surface area contributed by atoms with Crippen molar-refractivity contribution in [3.05, 3.63) is 53.6 Å².